The lowest BCUT2D eigenvalue weighted by Gasteiger charge is -2.35. The first kappa shape index (κ1) is 22.3. The first-order valence-electron chi connectivity index (χ1n) is 10.4. The minimum Gasteiger partial charge on any atom is -0.379 e. The number of ether oxygens (including phenoxy) is 1. The quantitative estimate of drug-likeness (QED) is 0.677. The fourth-order valence-corrected chi connectivity index (χ4v) is 6.87. The monoisotopic (exact) mass is 467 g/mol. The van der Waals surface area contributed by atoms with E-state index in [4.69, 9.17) is 4.74 Å². The van der Waals surface area contributed by atoms with Gasteiger partial charge in [0.15, 0.2) is 0 Å². The summed E-state index contributed by atoms with van der Waals surface area (Å²) in [7, 11) is -3.67. The molecule has 0 saturated carbocycles. The van der Waals surface area contributed by atoms with Gasteiger partial charge in [0.2, 0.25) is 10.0 Å². The van der Waals surface area contributed by atoms with E-state index in [1.165, 1.54) is 22.5 Å². The van der Waals surface area contributed by atoms with Gasteiger partial charge in [-0.3, -0.25) is 9.69 Å². The Hall–Kier alpha value is -1.85. The maximum Gasteiger partial charge on any atom is 0.262 e. The van der Waals surface area contributed by atoms with Crippen LogP contribution in [0.25, 0.3) is 0 Å². The van der Waals surface area contributed by atoms with Gasteiger partial charge in [-0.2, -0.15) is 4.31 Å². The van der Waals surface area contributed by atoms with Crippen molar-refractivity contribution in [2.45, 2.75) is 23.8 Å². The number of sulfonamides is 1. The molecule has 0 spiro atoms. The third kappa shape index (κ3) is 4.98. The molecule has 1 amide bonds. The number of amides is 1. The van der Waals surface area contributed by atoms with Crippen molar-refractivity contribution in [1.29, 1.82) is 0 Å². The summed E-state index contributed by atoms with van der Waals surface area (Å²) < 4.78 is 46.2. The molecule has 1 aromatic heterocycles. The first-order valence-corrected chi connectivity index (χ1v) is 12.7. The lowest BCUT2D eigenvalue weighted by atomic mass is 10.0. The Kier molecular flexibility index (Phi) is 7.02. The average Bonchev–Trinajstić information content (AvgIpc) is 3.49. The number of hydrogen-bond acceptors (Lipinski definition) is 6. The molecule has 2 saturated heterocycles. The van der Waals surface area contributed by atoms with Crippen LogP contribution >= 0.6 is 11.3 Å². The van der Waals surface area contributed by atoms with E-state index in [0.717, 1.165) is 29.7 Å². The molecule has 2 aliphatic rings. The predicted molar refractivity (Wildman–Crippen MR) is 116 cm³/mol. The van der Waals surface area contributed by atoms with Crippen LogP contribution in [0.4, 0.5) is 4.39 Å². The lowest BCUT2D eigenvalue weighted by molar-refractivity contribution is 0.0162. The largest absolute Gasteiger partial charge is 0.379 e. The molecule has 3 heterocycles. The van der Waals surface area contributed by atoms with Crippen LogP contribution in [0.15, 0.2) is 40.6 Å². The third-order valence-corrected chi connectivity index (χ3v) is 8.70. The minimum absolute atomic E-state index is 0.0709. The van der Waals surface area contributed by atoms with Gasteiger partial charge in [0.25, 0.3) is 5.91 Å². The topological polar surface area (TPSA) is 79.0 Å². The number of rotatable bonds is 7. The third-order valence-electron chi connectivity index (χ3n) is 5.72. The highest BCUT2D eigenvalue weighted by Crippen LogP contribution is 2.28. The lowest BCUT2D eigenvalue weighted by Crippen LogP contribution is -2.44. The van der Waals surface area contributed by atoms with Crippen LogP contribution in [0.5, 0.6) is 0 Å². The number of nitrogens with one attached hydrogen (secondary N) is 1. The molecule has 1 aromatic carbocycles. The molecule has 4 rings (SSSR count). The molecule has 2 fully saturated rings. The molecule has 1 N–H and O–H groups in total. The van der Waals surface area contributed by atoms with E-state index >= 15 is 0 Å². The Balaban J connectivity index is 1.51. The van der Waals surface area contributed by atoms with Crippen LogP contribution in [0.1, 0.15) is 34.1 Å². The highest BCUT2D eigenvalue weighted by molar-refractivity contribution is 7.89. The standard InChI is InChI=1S/C21H26FN3O4S2/c22-17-5-3-16(4-6-17)18(24-10-12-29-13-11-24)15-23-21(26)20-19(7-14-30-20)31(27,28)25-8-1-2-9-25/h3-7,14,18H,1-2,8-13,15H2,(H,23,26). The molecule has 0 radical (unpaired) electrons. The summed E-state index contributed by atoms with van der Waals surface area (Å²) in [6.45, 7) is 3.85. The minimum atomic E-state index is -3.67. The van der Waals surface area contributed by atoms with Crippen LogP contribution in [-0.4, -0.2) is 69.5 Å². The van der Waals surface area contributed by atoms with Crippen molar-refractivity contribution in [1.82, 2.24) is 14.5 Å². The van der Waals surface area contributed by atoms with Crippen molar-refractivity contribution in [3.05, 3.63) is 52.0 Å². The zero-order valence-corrected chi connectivity index (χ0v) is 18.8. The molecule has 0 aliphatic carbocycles. The number of nitrogens with zero attached hydrogens (tertiary/aromatic N) is 2. The Morgan fingerprint density at radius 2 is 1.77 bits per heavy atom. The summed E-state index contributed by atoms with van der Waals surface area (Å²) in [5.74, 6) is -0.725. The number of carbonyl (C=O) groups excluding carboxylic acids is 1. The van der Waals surface area contributed by atoms with Gasteiger partial charge in [0.05, 0.1) is 19.3 Å². The summed E-state index contributed by atoms with van der Waals surface area (Å²) in [5.41, 5.74) is 0.889. The van der Waals surface area contributed by atoms with E-state index in [2.05, 4.69) is 10.2 Å². The average molecular weight is 468 g/mol. The molecule has 2 aliphatic heterocycles. The molecular formula is C21H26FN3O4S2. The van der Waals surface area contributed by atoms with E-state index in [9.17, 15) is 17.6 Å². The van der Waals surface area contributed by atoms with Gasteiger partial charge in [-0.25, -0.2) is 12.8 Å². The summed E-state index contributed by atoms with van der Waals surface area (Å²) in [4.78, 5) is 15.4. The Morgan fingerprint density at radius 1 is 1.10 bits per heavy atom. The number of benzene rings is 1. The van der Waals surface area contributed by atoms with Gasteiger partial charge in [-0.15, -0.1) is 11.3 Å². The van der Waals surface area contributed by atoms with Crippen molar-refractivity contribution < 1.29 is 22.3 Å². The van der Waals surface area contributed by atoms with Gasteiger partial charge in [-0.05, 0) is 42.0 Å². The second-order valence-corrected chi connectivity index (χ2v) is 10.5. The molecule has 168 valence electrons. The van der Waals surface area contributed by atoms with Crippen LogP contribution < -0.4 is 5.32 Å². The highest BCUT2D eigenvalue weighted by atomic mass is 32.2. The molecule has 7 nitrogen and oxygen atoms in total. The van der Waals surface area contributed by atoms with Crippen LogP contribution in [0.3, 0.4) is 0 Å². The van der Waals surface area contributed by atoms with Crippen LogP contribution in [0.2, 0.25) is 0 Å². The molecule has 1 unspecified atom stereocenters. The van der Waals surface area contributed by atoms with Gasteiger partial charge in [-0.1, -0.05) is 12.1 Å². The van der Waals surface area contributed by atoms with Crippen molar-refractivity contribution in [2.24, 2.45) is 0 Å². The van der Waals surface area contributed by atoms with Gasteiger partial charge >= 0.3 is 0 Å². The molecule has 10 heteroatoms. The summed E-state index contributed by atoms with van der Waals surface area (Å²) in [6.07, 6.45) is 1.67. The van der Waals surface area contributed by atoms with E-state index in [1.807, 2.05) is 0 Å². The summed E-state index contributed by atoms with van der Waals surface area (Å²) in [6, 6.07) is 7.60. The Labute approximate surface area is 185 Å². The van der Waals surface area contributed by atoms with E-state index in [1.54, 1.807) is 17.5 Å². The maximum absolute atomic E-state index is 13.4. The number of hydrogen-bond donors (Lipinski definition) is 1. The van der Waals surface area contributed by atoms with Crippen molar-refractivity contribution >= 4 is 27.3 Å². The molecule has 1 atom stereocenters. The predicted octanol–water partition coefficient (Wildman–Crippen LogP) is 2.48. The zero-order valence-electron chi connectivity index (χ0n) is 17.1. The second kappa shape index (κ2) is 9.74. The molecular weight excluding hydrogens is 441 g/mol. The van der Waals surface area contributed by atoms with Gasteiger partial charge in [0.1, 0.15) is 15.6 Å². The normalized spacial score (nSPS) is 19.4. The number of carbonyl (C=O) groups is 1. The van der Waals surface area contributed by atoms with Crippen molar-refractivity contribution in [3.63, 3.8) is 0 Å². The van der Waals surface area contributed by atoms with E-state index < -0.39 is 15.9 Å². The zero-order chi connectivity index (χ0) is 21.8. The Bertz CT molecular complexity index is 998. The van der Waals surface area contributed by atoms with Crippen LogP contribution in [0, 0.1) is 5.82 Å². The summed E-state index contributed by atoms with van der Waals surface area (Å²) in [5, 5.41) is 4.55. The number of morpholine rings is 1. The van der Waals surface area contributed by atoms with Gasteiger partial charge < -0.3 is 10.1 Å². The van der Waals surface area contributed by atoms with E-state index in [-0.39, 0.29) is 28.2 Å². The maximum atomic E-state index is 13.4. The first-order chi connectivity index (χ1) is 15.0. The SMILES string of the molecule is O=C(NCC(c1ccc(F)cc1)N1CCOCC1)c1sccc1S(=O)(=O)N1CCCC1. The van der Waals surface area contributed by atoms with Crippen molar-refractivity contribution in [3.8, 4) is 0 Å². The fraction of sp³-hybridized carbons (Fsp3) is 0.476. The van der Waals surface area contributed by atoms with Crippen LogP contribution in [-0.2, 0) is 14.8 Å². The summed E-state index contributed by atoms with van der Waals surface area (Å²) >= 11 is 1.13. The number of thiophene rings is 1. The van der Waals surface area contributed by atoms with Gasteiger partial charge in [0, 0.05) is 32.7 Å². The molecule has 31 heavy (non-hydrogen) atoms. The smallest absolute Gasteiger partial charge is 0.262 e. The molecule has 2 aromatic rings. The fourth-order valence-electron chi connectivity index (χ4n) is 4.04. The highest BCUT2D eigenvalue weighted by Gasteiger charge is 2.32. The number of halogens is 1. The molecule has 0 bridgehead atoms. The second-order valence-electron chi connectivity index (χ2n) is 7.65. The Morgan fingerprint density at radius 3 is 2.45 bits per heavy atom. The van der Waals surface area contributed by atoms with E-state index in [0.29, 0.717) is 39.4 Å². The van der Waals surface area contributed by atoms with Crippen molar-refractivity contribution in [2.75, 3.05) is 45.9 Å².